The van der Waals surface area contributed by atoms with Gasteiger partial charge >= 0.3 is 0 Å². The van der Waals surface area contributed by atoms with Gasteiger partial charge in [-0.1, -0.05) is 13.8 Å². The minimum atomic E-state index is 0.271. The molecule has 17 heavy (non-hydrogen) atoms. The van der Waals surface area contributed by atoms with Gasteiger partial charge in [-0.2, -0.15) is 11.8 Å². The Morgan fingerprint density at radius 2 is 2.06 bits per heavy atom. The number of hydrogen-bond acceptors (Lipinski definition) is 3. The van der Waals surface area contributed by atoms with Crippen molar-refractivity contribution in [2.75, 3.05) is 18.8 Å². The summed E-state index contributed by atoms with van der Waals surface area (Å²) in [6.45, 7) is 16.3. The topological polar surface area (TPSA) is 15.3 Å². The first kappa shape index (κ1) is 15.3. The molecule has 1 fully saturated rings. The van der Waals surface area contributed by atoms with Gasteiger partial charge in [-0.05, 0) is 34.1 Å². The minimum Gasteiger partial charge on any atom is -0.310 e. The van der Waals surface area contributed by atoms with E-state index in [1.165, 1.54) is 18.7 Å². The molecular weight excluding hydrogens is 228 g/mol. The average molecular weight is 258 g/mol. The van der Waals surface area contributed by atoms with Gasteiger partial charge in [0.1, 0.15) is 0 Å². The number of nitrogens with one attached hydrogen (secondary N) is 1. The summed E-state index contributed by atoms with van der Waals surface area (Å²) < 4.78 is 0. The van der Waals surface area contributed by atoms with Gasteiger partial charge in [0, 0.05) is 41.7 Å². The van der Waals surface area contributed by atoms with Crippen LogP contribution < -0.4 is 5.32 Å². The predicted octanol–water partition coefficient (Wildman–Crippen LogP) is 2.98. The molecule has 0 spiro atoms. The molecular formula is C14H30N2S. The Kier molecular flexibility index (Phi) is 5.81. The summed E-state index contributed by atoms with van der Waals surface area (Å²) in [5.74, 6) is 1.28. The molecule has 0 saturated carbocycles. The Labute approximate surface area is 112 Å². The molecule has 0 aromatic rings. The van der Waals surface area contributed by atoms with E-state index in [0.717, 1.165) is 11.8 Å². The number of hydrogen-bond donors (Lipinski definition) is 1. The Bertz CT molecular complexity index is 230. The summed E-state index contributed by atoms with van der Waals surface area (Å²) in [5.41, 5.74) is 0.271. The highest BCUT2D eigenvalue weighted by molar-refractivity contribution is 8.00. The van der Waals surface area contributed by atoms with Crippen molar-refractivity contribution < 1.29 is 0 Å². The number of thioether (sulfide) groups is 1. The van der Waals surface area contributed by atoms with Crippen molar-refractivity contribution in [2.45, 2.75) is 70.8 Å². The van der Waals surface area contributed by atoms with Crippen LogP contribution in [-0.2, 0) is 0 Å². The van der Waals surface area contributed by atoms with E-state index in [9.17, 15) is 0 Å². The summed E-state index contributed by atoms with van der Waals surface area (Å²) in [6.07, 6.45) is 1.18. The zero-order valence-corrected chi connectivity index (χ0v) is 13.2. The van der Waals surface area contributed by atoms with Gasteiger partial charge in [-0.15, -0.1) is 0 Å². The zero-order valence-electron chi connectivity index (χ0n) is 12.4. The normalized spacial score (nSPS) is 29.3. The molecule has 0 amide bonds. The third-order valence-electron chi connectivity index (χ3n) is 4.26. The molecule has 1 N–H and O–H groups in total. The molecule has 1 aliphatic rings. The fourth-order valence-electron chi connectivity index (χ4n) is 2.24. The van der Waals surface area contributed by atoms with Crippen molar-refractivity contribution in [2.24, 2.45) is 0 Å². The maximum Gasteiger partial charge on any atom is 0.0196 e. The SMILES string of the molecule is CCC(C)(C)NCC(C)N1CCSC(C)C1C. The van der Waals surface area contributed by atoms with Gasteiger partial charge in [0.05, 0.1) is 0 Å². The molecule has 0 aromatic heterocycles. The molecule has 3 heteroatoms. The second-order valence-electron chi connectivity index (χ2n) is 6.02. The number of nitrogens with zero attached hydrogens (tertiary/aromatic N) is 1. The zero-order chi connectivity index (χ0) is 13.1. The summed E-state index contributed by atoms with van der Waals surface area (Å²) in [6, 6.07) is 1.34. The Morgan fingerprint density at radius 3 is 2.65 bits per heavy atom. The van der Waals surface area contributed by atoms with Crippen LogP contribution in [0.4, 0.5) is 0 Å². The van der Waals surface area contributed by atoms with E-state index < -0.39 is 0 Å². The van der Waals surface area contributed by atoms with E-state index in [2.05, 4.69) is 63.5 Å². The van der Waals surface area contributed by atoms with Gasteiger partial charge in [-0.3, -0.25) is 4.90 Å². The third kappa shape index (κ3) is 4.46. The lowest BCUT2D eigenvalue weighted by atomic mass is 10.0. The lowest BCUT2D eigenvalue weighted by Crippen LogP contribution is -2.54. The van der Waals surface area contributed by atoms with E-state index in [0.29, 0.717) is 12.1 Å². The van der Waals surface area contributed by atoms with Crippen LogP contribution in [0.15, 0.2) is 0 Å². The number of rotatable bonds is 5. The predicted molar refractivity (Wildman–Crippen MR) is 79.9 cm³/mol. The molecule has 1 aliphatic heterocycles. The molecule has 3 atom stereocenters. The maximum absolute atomic E-state index is 3.69. The molecule has 0 aliphatic carbocycles. The third-order valence-corrected chi connectivity index (χ3v) is 5.60. The highest BCUT2D eigenvalue weighted by atomic mass is 32.2. The lowest BCUT2D eigenvalue weighted by molar-refractivity contribution is 0.146. The average Bonchev–Trinajstić information content (AvgIpc) is 2.30. The molecule has 0 bridgehead atoms. The van der Waals surface area contributed by atoms with Gasteiger partial charge in [0.2, 0.25) is 0 Å². The quantitative estimate of drug-likeness (QED) is 0.816. The molecule has 2 nitrogen and oxygen atoms in total. The Hall–Kier alpha value is 0.270. The lowest BCUT2D eigenvalue weighted by Gasteiger charge is -2.42. The fraction of sp³-hybridized carbons (Fsp3) is 1.00. The van der Waals surface area contributed by atoms with Crippen molar-refractivity contribution in [3.8, 4) is 0 Å². The Balaban J connectivity index is 2.44. The summed E-state index contributed by atoms with van der Waals surface area (Å²) in [7, 11) is 0. The molecule has 0 aromatic carbocycles. The Morgan fingerprint density at radius 1 is 1.41 bits per heavy atom. The van der Waals surface area contributed by atoms with Crippen molar-refractivity contribution in [3.05, 3.63) is 0 Å². The maximum atomic E-state index is 3.69. The standard InChI is InChI=1S/C14H30N2S/c1-7-14(5,6)15-10-11(2)16-8-9-17-13(4)12(16)3/h11-13,15H,7-10H2,1-6H3. The monoisotopic (exact) mass is 258 g/mol. The van der Waals surface area contributed by atoms with Crippen LogP contribution in [-0.4, -0.2) is 46.6 Å². The van der Waals surface area contributed by atoms with Crippen LogP contribution >= 0.6 is 11.8 Å². The van der Waals surface area contributed by atoms with Crippen molar-refractivity contribution in [1.29, 1.82) is 0 Å². The molecule has 1 rings (SSSR count). The van der Waals surface area contributed by atoms with E-state index in [1.807, 2.05) is 0 Å². The van der Waals surface area contributed by atoms with E-state index in [4.69, 9.17) is 0 Å². The van der Waals surface area contributed by atoms with Gasteiger partial charge in [0.15, 0.2) is 0 Å². The van der Waals surface area contributed by atoms with Crippen LogP contribution in [0.2, 0.25) is 0 Å². The fourth-order valence-corrected chi connectivity index (χ4v) is 3.37. The molecule has 102 valence electrons. The van der Waals surface area contributed by atoms with Crippen LogP contribution in [0.3, 0.4) is 0 Å². The van der Waals surface area contributed by atoms with Crippen LogP contribution in [0.1, 0.15) is 48.0 Å². The van der Waals surface area contributed by atoms with E-state index >= 15 is 0 Å². The highest BCUT2D eigenvalue weighted by Gasteiger charge is 2.29. The van der Waals surface area contributed by atoms with Gasteiger partial charge < -0.3 is 5.32 Å². The van der Waals surface area contributed by atoms with E-state index in [-0.39, 0.29) is 5.54 Å². The van der Waals surface area contributed by atoms with Gasteiger partial charge in [0.25, 0.3) is 0 Å². The van der Waals surface area contributed by atoms with Crippen LogP contribution in [0, 0.1) is 0 Å². The van der Waals surface area contributed by atoms with Crippen molar-refractivity contribution in [1.82, 2.24) is 10.2 Å². The van der Waals surface area contributed by atoms with Crippen LogP contribution in [0.5, 0.6) is 0 Å². The summed E-state index contributed by atoms with van der Waals surface area (Å²) in [4.78, 5) is 2.67. The summed E-state index contributed by atoms with van der Waals surface area (Å²) >= 11 is 2.11. The first-order valence-electron chi connectivity index (χ1n) is 6.99. The van der Waals surface area contributed by atoms with Gasteiger partial charge in [-0.25, -0.2) is 0 Å². The molecule has 1 saturated heterocycles. The van der Waals surface area contributed by atoms with E-state index in [1.54, 1.807) is 0 Å². The first-order valence-corrected chi connectivity index (χ1v) is 8.04. The molecule has 3 unspecified atom stereocenters. The smallest absolute Gasteiger partial charge is 0.0196 e. The largest absolute Gasteiger partial charge is 0.310 e. The second-order valence-corrected chi connectivity index (χ2v) is 7.51. The van der Waals surface area contributed by atoms with Crippen molar-refractivity contribution >= 4 is 11.8 Å². The highest BCUT2D eigenvalue weighted by Crippen LogP contribution is 2.25. The second kappa shape index (κ2) is 6.44. The minimum absolute atomic E-state index is 0.271. The molecule has 0 radical (unpaired) electrons. The summed E-state index contributed by atoms with van der Waals surface area (Å²) in [5, 5.41) is 4.46. The van der Waals surface area contributed by atoms with Crippen LogP contribution in [0.25, 0.3) is 0 Å². The van der Waals surface area contributed by atoms with Crippen molar-refractivity contribution in [3.63, 3.8) is 0 Å². The first-order chi connectivity index (χ1) is 7.87. The molecule has 1 heterocycles.